The molecule has 106 valence electrons. The first-order valence-corrected chi connectivity index (χ1v) is 8.17. The lowest BCUT2D eigenvalue weighted by Crippen LogP contribution is -1.96. The fourth-order valence-electron chi connectivity index (χ4n) is 2.51. The van der Waals surface area contributed by atoms with Crippen molar-refractivity contribution in [2.75, 3.05) is 7.11 Å². The minimum Gasteiger partial charge on any atom is -0.496 e. The Morgan fingerprint density at radius 1 is 0.905 bits per heavy atom. The average Bonchev–Trinajstić information content (AvgIpc) is 2.54. The van der Waals surface area contributed by atoms with Crippen LogP contribution in [0.25, 0.3) is 10.8 Å². The average molecular weight is 409 g/mol. The summed E-state index contributed by atoms with van der Waals surface area (Å²) in [7, 11) is 1.69. The first-order valence-electron chi connectivity index (χ1n) is 6.66. The lowest BCUT2D eigenvalue weighted by Gasteiger charge is -2.15. The van der Waals surface area contributed by atoms with Crippen molar-refractivity contribution in [3.8, 4) is 5.75 Å². The molecule has 0 fully saturated rings. The summed E-state index contributed by atoms with van der Waals surface area (Å²) in [5.74, 6) is 0.876. The summed E-state index contributed by atoms with van der Waals surface area (Å²) in [5.41, 5.74) is 2.21. The summed E-state index contributed by atoms with van der Waals surface area (Å²) < 4.78 is 6.65. The van der Waals surface area contributed by atoms with Crippen LogP contribution in [0, 0.1) is 3.57 Å². The molecule has 0 aliphatic carbocycles. The van der Waals surface area contributed by atoms with E-state index in [0.29, 0.717) is 0 Å². The van der Waals surface area contributed by atoms with Gasteiger partial charge in [-0.1, -0.05) is 42.5 Å². The number of ether oxygens (including phenoxy) is 1. The Balaban J connectivity index is 2.14. The number of hydrogen-bond donors (Lipinski definition) is 0. The molecule has 0 saturated carbocycles. The molecule has 0 aliphatic rings. The van der Waals surface area contributed by atoms with Crippen LogP contribution >= 0.6 is 34.2 Å². The molecule has 3 rings (SSSR count). The molecule has 0 aromatic heterocycles. The normalized spacial score (nSPS) is 12.3. The van der Waals surface area contributed by atoms with E-state index in [9.17, 15) is 0 Å². The number of fused-ring (bicyclic) bond motifs is 1. The van der Waals surface area contributed by atoms with Gasteiger partial charge in [-0.2, -0.15) is 0 Å². The highest BCUT2D eigenvalue weighted by Crippen LogP contribution is 2.37. The summed E-state index contributed by atoms with van der Waals surface area (Å²) in [6, 6.07) is 20.6. The number of halogens is 2. The van der Waals surface area contributed by atoms with Crippen molar-refractivity contribution in [1.82, 2.24) is 0 Å². The first kappa shape index (κ1) is 14.7. The molecule has 0 amide bonds. The van der Waals surface area contributed by atoms with E-state index in [1.165, 1.54) is 3.57 Å². The highest BCUT2D eigenvalue weighted by Gasteiger charge is 2.15. The van der Waals surface area contributed by atoms with Gasteiger partial charge in [0, 0.05) is 8.96 Å². The molecule has 1 atom stereocenters. The molecule has 0 saturated heterocycles. The molecule has 0 aliphatic heterocycles. The van der Waals surface area contributed by atoms with Crippen LogP contribution in [0.2, 0.25) is 0 Å². The highest BCUT2D eigenvalue weighted by molar-refractivity contribution is 14.1. The molecule has 0 radical (unpaired) electrons. The molecule has 0 N–H and O–H groups in total. The Kier molecular flexibility index (Phi) is 4.36. The van der Waals surface area contributed by atoms with Crippen LogP contribution in [-0.2, 0) is 0 Å². The monoisotopic (exact) mass is 408 g/mol. The summed E-state index contributed by atoms with van der Waals surface area (Å²) in [6.45, 7) is 0. The number of rotatable bonds is 3. The highest BCUT2D eigenvalue weighted by atomic mass is 127. The van der Waals surface area contributed by atoms with Crippen LogP contribution in [-0.4, -0.2) is 7.11 Å². The van der Waals surface area contributed by atoms with Crippen molar-refractivity contribution in [3.05, 3.63) is 75.4 Å². The Morgan fingerprint density at radius 3 is 2.24 bits per heavy atom. The summed E-state index contributed by atoms with van der Waals surface area (Å²) >= 11 is 9.01. The van der Waals surface area contributed by atoms with Crippen LogP contribution < -0.4 is 4.74 Å². The van der Waals surface area contributed by atoms with Crippen molar-refractivity contribution in [2.24, 2.45) is 0 Å². The smallest absolute Gasteiger partial charge is 0.126 e. The Hall–Kier alpha value is -1.26. The zero-order chi connectivity index (χ0) is 14.8. The Bertz CT molecular complexity index is 768. The van der Waals surface area contributed by atoms with E-state index in [4.69, 9.17) is 16.3 Å². The number of hydrogen-bond acceptors (Lipinski definition) is 1. The molecule has 0 bridgehead atoms. The van der Waals surface area contributed by atoms with Crippen molar-refractivity contribution >= 4 is 45.0 Å². The number of benzene rings is 3. The molecule has 3 heteroatoms. The molecule has 3 aromatic carbocycles. The molecule has 0 spiro atoms. The van der Waals surface area contributed by atoms with Gasteiger partial charge in [-0.05, 0) is 57.3 Å². The number of alkyl halides is 1. The summed E-state index contributed by atoms with van der Waals surface area (Å²) in [5, 5.41) is 2.06. The fourth-order valence-corrected chi connectivity index (χ4v) is 3.20. The van der Waals surface area contributed by atoms with Crippen LogP contribution in [0.5, 0.6) is 5.75 Å². The standard InChI is InChI=1S/C18H14ClIO/c1-21-17-11-10-16(14-4-2-3-5-15(14)17)18(19)12-6-8-13(20)9-7-12/h2-11,18H,1H3. The molecule has 21 heavy (non-hydrogen) atoms. The van der Waals surface area contributed by atoms with Crippen LogP contribution in [0.1, 0.15) is 16.5 Å². The van der Waals surface area contributed by atoms with Gasteiger partial charge in [0.1, 0.15) is 5.75 Å². The van der Waals surface area contributed by atoms with E-state index in [1.807, 2.05) is 18.2 Å². The van der Waals surface area contributed by atoms with E-state index in [2.05, 4.69) is 65.1 Å². The maximum atomic E-state index is 6.72. The third-order valence-corrected chi connectivity index (χ3v) is 4.78. The second kappa shape index (κ2) is 6.24. The van der Waals surface area contributed by atoms with Gasteiger partial charge >= 0.3 is 0 Å². The third-order valence-electron chi connectivity index (χ3n) is 3.57. The van der Waals surface area contributed by atoms with Gasteiger partial charge in [-0.3, -0.25) is 0 Å². The number of methoxy groups -OCH3 is 1. The zero-order valence-corrected chi connectivity index (χ0v) is 14.4. The molecule has 1 nitrogen and oxygen atoms in total. The largest absolute Gasteiger partial charge is 0.496 e. The van der Waals surface area contributed by atoms with E-state index in [0.717, 1.165) is 27.6 Å². The quantitative estimate of drug-likeness (QED) is 0.394. The topological polar surface area (TPSA) is 9.23 Å². The maximum absolute atomic E-state index is 6.72. The SMILES string of the molecule is COc1ccc(C(Cl)c2ccc(I)cc2)c2ccccc12. The molecule has 3 aromatic rings. The second-order valence-electron chi connectivity index (χ2n) is 4.82. The van der Waals surface area contributed by atoms with Crippen molar-refractivity contribution in [3.63, 3.8) is 0 Å². The minimum absolute atomic E-state index is 0.169. The Morgan fingerprint density at radius 2 is 1.57 bits per heavy atom. The van der Waals surface area contributed by atoms with Gasteiger partial charge in [-0.15, -0.1) is 11.6 Å². The van der Waals surface area contributed by atoms with Crippen molar-refractivity contribution < 1.29 is 4.74 Å². The molecule has 0 heterocycles. The van der Waals surface area contributed by atoms with Gasteiger partial charge in [-0.25, -0.2) is 0 Å². The lowest BCUT2D eigenvalue weighted by molar-refractivity contribution is 0.419. The van der Waals surface area contributed by atoms with Crippen molar-refractivity contribution in [1.29, 1.82) is 0 Å². The maximum Gasteiger partial charge on any atom is 0.126 e. The predicted octanol–water partition coefficient (Wildman–Crippen LogP) is 5.78. The van der Waals surface area contributed by atoms with E-state index >= 15 is 0 Å². The molecular formula is C18H14ClIO. The van der Waals surface area contributed by atoms with E-state index < -0.39 is 0 Å². The van der Waals surface area contributed by atoms with E-state index in [1.54, 1.807) is 7.11 Å². The van der Waals surface area contributed by atoms with Crippen LogP contribution in [0.15, 0.2) is 60.7 Å². The van der Waals surface area contributed by atoms with Gasteiger partial charge in [0.15, 0.2) is 0 Å². The summed E-state index contributed by atoms with van der Waals surface area (Å²) in [4.78, 5) is 0. The van der Waals surface area contributed by atoms with Crippen LogP contribution in [0.3, 0.4) is 0 Å². The van der Waals surface area contributed by atoms with Gasteiger partial charge in [0.2, 0.25) is 0 Å². The first-order chi connectivity index (χ1) is 10.2. The molecule has 1 unspecified atom stereocenters. The minimum atomic E-state index is -0.169. The van der Waals surface area contributed by atoms with Gasteiger partial charge in [0.25, 0.3) is 0 Å². The van der Waals surface area contributed by atoms with Gasteiger partial charge in [0.05, 0.1) is 12.5 Å². The predicted molar refractivity (Wildman–Crippen MR) is 97.4 cm³/mol. The summed E-state index contributed by atoms with van der Waals surface area (Å²) in [6.07, 6.45) is 0. The Labute approximate surface area is 143 Å². The van der Waals surface area contributed by atoms with Crippen molar-refractivity contribution in [2.45, 2.75) is 5.38 Å². The zero-order valence-electron chi connectivity index (χ0n) is 11.5. The lowest BCUT2D eigenvalue weighted by atomic mass is 9.97. The van der Waals surface area contributed by atoms with Crippen LogP contribution in [0.4, 0.5) is 0 Å². The molecular weight excluding hydrogens is 395 g/mol. The van der Waals surface area contributed by atoms with E-state index in [-0.39, 0.29) is 5.38 Å². The fraction of sp³-hybridized carbons (Fsp3) is 0.111. The third kappa shape index (κ3) is 2.87. The second-order valence-corrected chi connectivity index (χ2v) is 6.50. The van der Waals surface area contributed by atoms with Gasteiger partial charge < -0.3 is 4.74 Å².